The van der Waals surface area contributed by atoms with Crippen LogP contribution >= 0.6 is 0 Å². The van der Waals surface area contributed by atoms with Crippen molar-refractivity contribution in [3.05, 3.63) is 169 Å². The SMILES string of the molecule is CC1(C)c2ccccc2-c2cc(N(c3ccc4c(c3)c3ccccc3n4-c3ccccc3)c3cccc4ccccc34)ccc21. The van der Waals surface area contributed by atoms with Gasteiger partial charge in [0.25, 0.3) is 0 Å². The molecule has 45 heavy (non-hydrogen) atoms. The standard InChI is InChI=1S/C43H32N2/c1-43(2)38-20-10-8-18-34(38)36-27-31(23-25-39(36)43)44(40-22-12-14-29-13-6-7-17-33(29)40)32-24-26-42-37(28-32)35-19-9-11-21-41(35)45(42)30-15-4-3-5-16-30/h3-28H,1-2H3. The number of benzene rings is 7. The molecule has 0 radical (unpaired) electrons. The van der Waals surface area contributed by atoms with E-state index in [2.05, 4.69) is 181 Å². The number of hydrogen-bond acceptors (Lipinski definition) is 1. The van der Waals surface area contributed by atoms with Gasteiger partial charge in [-0.3, -0.25) is 0 Å². The van der Waals surface area contributed by atoms with Crippen LogP contribution in [0.1, 0.15) is 25.0 Å². The third-order valence-electron chi connectivity index (χ3n) is 9.76. The molecule has 0 N–H and O–H groups in total. The first-order valence-electron chi connectivity index (χ1n) is 15.7. The molecule has 8 aromatic rings. The third kappa shape index (κ3) is 3.82. The summed E-state index contributed by atoms with van der Waals surface area (Å²) in [4.78, 5) is 2.45. The average molecular weight is 577 g/mol. The van der Waals surface area contributed by atoms with Crippen molar-refractivity contribution in [1.29, 1.82) is 0 Å². The lowest BCUT2D eigenvalue weighted by atomic mass is 9.82. The van der Waals surface area contributed by atoms with E-state index in [4.69, 9.17) is 0 Å². The molecular weight excluding hydrogens is 544 g/mol. The molecule has 0 bridgehead atoms. The van der Waals surface area contributed by atoms with Gasteiger partial charge in [0.1, 0.15) is 0 Å². The molecule has 9 rings (SSSR count). The Morgan fingerprint density at radius 3 is 2.00 bits per heavy atom. The summed E-state index contributed by atoms with van der Waals surface area (Å²) in [6, 6.07) is 57.7. The highest BCUT2D eigenvalue weighted by atomic mass is 15.1. The second-order valence-electron chi connectivity index (χ2n) is 12.6. The number of hydrogen-bond donors (Lipinski definition) is 0. The average Bonchev–Trinajstić information content (AvgIpc) is 3.54. The molecule has 1 aliphatic rings. The van der Waals surface area contributed by atoms with Crippen LogP contribution in [0.5, 0.6) is 0 Å². The van der Waals surface area contributed by atoms with Gasteiger partial charge in [0, 0.05) is 38.6 Å². The zero-order chi connectivity index (χ0) is 30.1. The maximum absolute atomic E-state index is 2.45. The number of nitrogens with zero attached hydrogens (tertiary/aromatic N) is 2. The molecular formula is C43H32N2. The van der Waals surface area contributed by atoms with E-state index in [1.807, 2.05) is 0 Å². The van der Waals surface area contributed by atoms with Crippen molar-refractivity contribution in [2.24, 2.45) is 0 Å². The quantitative estimate of drug-likeness (QED) is 0.202. The first kappa shape index (κ1) is 25.9. The van der Waals surface area contributed by atoms with Gasteiger partial charge >= 0.3 is 0 Å². The fourth-order valence-corrected chi connectivity index (χ4v) is 7.63. The molecule has 0 unspecified atom stereocenters. The Morgan fingerprint density at radius 2 is 1.11 bits per heavy atom. The van der Waals surface area contributed by atoms with Crippen molar-refractivity contribution < 1.29 is 0 Å². The highest BCUT2D eigenvalue weighted by Crippen LogP contribution is 2.51. The first-order valence-corrected chi connectivity index (χ1v) is 15.7. The minimum atomic E-state index is -0.0348. The van der Waals surface area contributed by atoms with Crippen LogP contribution in [0.15, 0.2) is 158 Å². The van der Waals surface area contributed by atoms with Crippen LogP contribution in [0.4, 0.5) is 17.1 Å². The Balaban J connectivity index is 1.32. The Labute approximate surface area is 263 Å². The summed E-state index contributed by atoms with van der Waals surface area (Å²) in [7, 11) is 0. The molecule has 0 aliphatic heterocycles. The molecule has 0 spiro atoms. The Kier molecular flexibility index (Phi) is 5.58. The lowest BCUT2D eigenvalue weighted by Crippen LogP contribution is -2.15. The van der Waals surface area contributed by atoms with Gasteiger partial charge in [0.15, 0.2) is 0 Å². The van der Waals surface area contributed by atoms with E-state index in [9.17, 15) is 0 Å². The van der Waals surface area contributed by atoms with Crippen LogP contribution in [0.25, 0.3) is 49.4 Å². The molecule has 214 valence electrons. The van der Waals surface area contributed by atoms with Crippen LogP contribution in [0.3, 0.4) is 0 Å². The molecule has 2 heteroatoms. The van der Waals surface area contributed by atoms with Gasteiger partial charge in [0.05, 0.1) is 16.7 Å². The third-order valence-corrected chi connectivity index (χ3v) is 9.76. The fraction of sp³-hybridized carbons (Fsp3) is 0.0698. The Bertz CT molecular complexity index is 2410. The molecule has 1 aromatic heterocycles. The largest absolute Gasteiger partial charge is 0.310 e. The zero-order valence-electron chi connectivity index (χ0n) is 25.4. The monoisotopic (exact) mass is 576 g/mol. The summed E-state index contributed by atoms with van der Waals surface area (Å²) in [5.74, 6) is 0. The summed E-state index contributed by atoms with van der Waals surface area (Å²) < 4.78 is 2.38. The number of rotatable bonds is 4. The number of fused-ring (bicyclic) bond motifs is 7. The molecule has 0 saturated carbocycles. The maximum atomic E-state index is 2.45. The minimum Gasteiger partial charge on any atom is -0.310 e. The van der Waals surface area contributed by atoms with Crippen molar-refractivity contribution in [1.82, 2.24) is 4.57 Å². The molecule has 0 fully saturated rings. The summed E-state index contributed by atoms with van der Waals surface area (Å²) in [6.45, 7) is 4.69. The topological polar surface area (TPSA) is 8.17 Å². The summed E-state index contributed by atoms with van der Waals surface area (Å²) in [5.41, 5.74) is 12.4. The van der Waals surface area contributed by atoms with E-state index in [-0.39, 0.29) is 5.41 Å². The second-order valence-corrected chi connectivity index (χ2v) is 12.6. The normalized spacial score (nSPS) is 13.3. The van der Waals surface area contributed by atoms with Crippen molar-refractivity contribution in [2.75, 3.05) is 4.90 Å². The van der Waals surface area contributed by atoms with Crippen LogP contribution in [-0.4, -0.2) is 4.57 Å². The van der Waals surface area contributed by atoms with Gasteiger partial charge in [0.2, 0.25) is 0 Å². The van der Waals surface area contributed by atoms with Crippen LogP contribution < -0.4 is 4.90 Å². The van der Waals surface area contributed by atoms with Gasteiger partial charge in [-0.1, -0.05) is 117 Å². The molecule has 1 aliphatic carbocycles. The second kappa shape index (κ2) is 9.70. The number of para-hydroxylation sites is 2. The minimum absolute atomic E-state index is 0.0348. The van der Waals surface area contributed by atoms with Gasteiger partial charge in [-0.2, -0.15) is 0 Å². The highest BCUT2D eigenvalue weighted by Gasteiger charge is 2.35. The highest BCUT2D eigenvalue weighted by molar-refractivity contribution is 6.11. The van der Waals surface area contributed by atoms with Crippen LogP contribution in [0.2, 0.25) is 0 Å². The molecule has 2 nitrogen and oxygen atoms in total. The lowest BCUT2D eigenvalue weighted by Gasteiger charge is -2.28. The van der Waals surface area contributed by atoms with Crippen molar-refractivity contribution in [3.8, 4) is 16.8 Å². The first-order chi connectivity index (χ1) is 22.1. The number of anilines is 3. The van der Waals surface area contributed by atoms with Crippen molar-refractivity contribution >= 4 is 49.6 Å². The van der Waals surface area contributed by atoms with E-state index in [1.54, 1.807) is 0 Å². The predicted molar refractivity (Wildman–Crippen MR) is 191 cm³/mol. The fourth-order valence-electron chi connectivity index (χ4n) is 7.63. The molecule has 1 heterocycles. The Morgan fingerprint density at radius 1 is 0.467 bits per heavy atom. The van der Waals surface area contributed by atoms with Crippen LogP contribution in [-0.2, 0) is 5.41 Å². The van der Waals surface area contributed by atoms with E-state index in [0.29, 0.717) is 0 Å². The zero-order valence-corrected chi connectivity index (χ0v) is 25.4. The smallest absolute Gasteiger partial charge is 0.0542 e. The van der Waals surface area contributed by atoms with E-state index in [0.717, 1.165) is 11.4 Å². The summed E-state index contributed by atoms with van der Waals surface area (Å²) >= 11 is 0. The Hall–Kier alpha value is -5.60. The van der Waals surface area contributed by atoms with Crippen LogP contribution in [0, 0.1) is 0 Å². The van der Waals surface area contributed by atoms with Gasteiger partial charge in [-0.15, -0.1) is 0 Å². The number of aromatic nitrogens is 1. The molecule has 0 amide bonds. The molecule has 0 atom stereocenters. The lowest BCUT2D eigenvalue weighted by molar-refractivity contribution is 0.660. The molecule has 0 saturated heterocycles. The van der Waals surface area contributed by atoms with Crippen molar-refractivity contribution in [3.63, 3.8) is 0 Å². The van der Waals surface area contributed by atoms with Gasteiger partial charge < -0.3 is 9.47 Å². The summed E-state index contributed by atoms with van der Waals surface area (Å²) in [6.07, 6.45) is 0. The van der Waals surface area contributed by atoms with E-state index >= 15 is 0 Å². The van der Waals surface area contributed by atoms with Gasteiger partial charge in [-0.05, 0) is 82.2 Å². The van der Waals surface area contributed by atoms with E-state index < -0.39 is 0 Å². The summed E-state index contributed by atoms with van der Waals surface area (Å²) in [5, 5.41) is 4.95. The van der Waals surface area contributed by atoms with E-state index in [1.165, 1.54) is 66.2 Å². The predicted octanol–water partition coefficient (Wildman–Crippen LogP) is 11.7. The van der Waals surface area contributed by atoms with Crippen molar-refractivity contribution in [2.45, 2.75) is 19.3 Å². The van der Waals surface area contributed by atoms with Gasteiger partial charge in [-0.25, -0.2) is 0 Å². The maximum Gasteiger partial charge on any atom is 0.0542 e. The molecule has 7 aromatic carbocycles.